The highest BCUT2D eigenvalue weighted by Crippen LogP contribution is 2.40. The molecule has 2 aliphatic rings. The zero-order valence-electron chi connectivity index (χ0n) is 21.1. The van der Waals surface area contributed by atoms with E-state index in [4.69, 9.17) is 15.8 Å². The van der Waals surface area contributed by atoms with Gasteiger partial charge in [0.1, 0.15) is 5.75 Å². The van der Waals surface area contributed by atoms with Gasteiger partial charge in [-0.05, 0) is 83.6 Å². The third-order valence-electron chi connectivity index (χ3n) is 6.71. The molecular weight excluding hydrogens is 412 g/mol. The first kappa shape index (κ1) is 25.1. The number of phenols is 1. The number of phenolic OH excluding ortho intramolecular Hbond substituents is 1. The number of nitrogens with two attached hydrogens (primary N) is 1. The van der Waals surface area contributed by atoms with Crippen molar-refractivity contribution in [2.24, 2.45) is 0 Å². The maximum atomic E-state index is 10.8. The van der Waals surface area contributed by atoms with Crippen LogP contribution in [-0.4, -0.2) is 21.2 Å². The number of hydrogen-bond donors (Lipinski definition) is 3. The summed E-state index contributed by atoms with van der Waals surface area (Å²) in [6, 6.07) is 3.88. The Balaban J connectivity index is 0.000000200. The van der Waals surface area contributed by atoms with Gasteiger partial charge in [-0.1, -0.05) is 53.7 Å². The van der Waals surface area contributed by atoms with Crippen molar-refractivity contribution in [3.8, 4) is 5.75 Å². The van der Waals surface area contributed by atoms with Gasteiger partial charge in [-0.15, -0.1) is 0 Å². The van der Waals surface area contributed by atoms with E-state index >= 15 is 0 Å². The molecule has 0 saturated heterocycles. The van der Waals surface area contributed by atoms with E-state index in [2.05, 4.69) is 41.5 Å². The minimum Gasteiger partial charge on any atom is -0.507 e. The number of aliphatic carboxylic acids is 1. The summed E-state index contributed by atoms with van der Waals surface area (Å²) in [5.74, 6) is -0.461. The molecule has 0 unspecified atom stereocenters. The van der Waals surface area contributed by atoms with Gasteiger partial charge in [0.2, 0.25) is 0 Å². The third kappa shape index (κ3) is 5.69. The minimum atomic E-state index is -0.798. The van der Waals surface area contributed by atoms with Gasteiger partial charge < -0.3 is 15.9 Å². The van der Waals surface area contributed by atoms with Crippen LogP contribution >= 0.6 is 0 Å². The van der Waals surface area contributed by atoms with Crippen molar-refractivity contribution in [3.63, 3.8) is 0 Å². The predicted octanol–water partition coefficient (Wildman–Crippen LogP) is 5.65. The molecule has 0 bridgehead atoms. The standard InChI is InChI=1S/C17H26O3.C11H14N2/c1-16(2,3)12-9-11(7-8-14(18)19)10-13(15(12)20)17(4,5)6;12-11-7-3-1-5-9(7)13-10-6-2-4-8(10)11/h9-10,20H,7-8H2,1-6H3,(H,18,19);1-6H2,(H2,12,13). The highest BCUT2D eigenvalue weighted by Gasteiger charge is 2.26. The van der Waals surface area contributed by atoms with Gasteiger partial charge in [0.05, 0.1) is 0 Å². The van der Waals surface area contributed by atoms with E-state index in [1.165, 1.54) is 35.4 Å². The SMILES string of the molecule is CC(C)(C)c1cc(CCC(=O)O)cc(C(C)(C)C)c1O.Nc1c2c(nc3c1CCC3)CCC2. The topological polar surface area (TPSA) is 96.4 Å². The molecule has 0 fully saturated rings. The smallest absolute Gasteiger partial charge is 0.303 e. The van der Waals surface area contributed by atoms with Crippen LogP contribution in [0.4, 0.5) is 5.69 Å². The summed E-state index contributed by atoms with van der Waals surface area (Å²) in [5.41, 5.74) is 14.9. The zero-order valence-corrected chi connectivity index (χ0v) is 21.1. The number of fused-ring (bicyclic) bond motifs is 2. The summed E-state index contributed by atoms with van der Waals surface area (Å²) in [6.07, 6.45) is 7.69. The van der Waals surface area contributed by atoms with Crippen LogP contribution in [0.3, 0.4) is 0 Å². The van der Waals surface area contributed by atoms with Crippen molar-refractivity contribution in [2.45, 2.75) is 104 Å². The van der Waals surface area contributed by atoms with Crippen LogP contribution in [0, 0.1) is 0 Å². The molecule has 0 amide bonds. The molecule has 4 rings (SSSR count). The molecule has 1 aromatic heterocycles. The fourth-order valence-electron chi connectivity index (χ4n) is 4.86. The average Bonchev–Trinajstić information content (AvgIpc) is 3.35. The van der Waals surface area contributed by atoms with Gasteiger partial charge in [-0.2, -0.15) is 0 Å². The third-order valence-corrected chi connectivity index (χ3v) is 6.71. The van der Waals surface area contributed by atoms with Crippen molar-refractivity contribution < 1.29 is 15.0 Å². The van der Waals surface area contributed by atoms with Crippen molar-refractivity contribution in [1.82, 2.24) is 4.98 Å². The summed E-state index contributed by atoms with van der Waals surface area (Å²) in [6.45, 7) is 12.3. The van der Waals surface area contributed by atoms with Crippen LogP contribution in [0.25, 0.3) is 0 Å². The van der Waals surface area contributed by atoms with Gasteiger partial charge in [-0.3, -0.25) is 9.78 Å². The van der Waals surface area contributed by atoms with E-state index in [0.717, 1.165) is 48.1 Å². The second kappa shape index (κ2) is 9.36. The van der Waals surface area contributed by atoms with Crippen molar-refractivity contribution in [1.29, 1.82) is 0 Å². The number of aromatic nitrogens is 1. The fraction of sp³-hybridized carbons (Fsp3) is 0.571. The Morgan fingerprint density at radius 3 is 1.76 bits per heavy atom. The van der Waals surface area contributed by atoms with Crippen LogP contribution < -0.4 is 5.73 Å². The fourth-order valence-corrected chi connectivity index (χ4v) is 4.86. The normalized spacial score (nSPS) is 15.0. The minimum absolute atomic E-state index is 0.109. The maximum absolute atomic E-state index is 10.8. The van der Waals surface area contributed by atoms with E-state index in [9.17, 15) is 9.90 Å². The molecule has 33 heavy (non-hydrogen) atoms. The number of carboxylic acids is 1. The Morgan fingerprint density at radius 2 is 1.36 bits per heavy atom. The largest absolute Gasteiger partial charge is 0.507 e. The number of rotatable bonds is 3. The number of aromatic hydroxyl groups is 1. The molecule has 1 heterocycles. The lowest BCUT2D eigenvalue weighted by Crippen LogP contribution is -2.18. The lowest BCUT2D eigenvalue weighted by atomic mass is 9.78. The first-order chi connectivity index (χ1) is 15.3. The summed E-state index contributed by atoms with van der Waals surface area (Å²) in [5, 5.41) is 19.4. The van der Waals surface area contributed by atoms with Crippen LogP contribution in [-0.2, 0) is 47.7 Å². The molecule has 1 aromatic carbocycles. The summed E-state index contributed by atoms with van der Waals surface area (Å²) in [4.78, 5) is 15.5. The number of hydrogen-bond acceptors (Lipinski definition) is 4. The van der Waals surface area contributed by atoms with Crippen molar-refractivity contribution >= 4 is 11.7 Å². The van der Waals surface area contributed by atoms with E-state index in [0.29, 0.717) is 12.2 Å². The first-order valence-electron chi connectivity index (χ1n) is 12.2. The molecular formula is C28H40N2O3. The molecule has 180 valence electrons. The molecule has 4 N–H and O–H groups in total. The molecule has 2 aliphatic carbocycles. The van der Waals surface area contributed by atoms with Crippen molar-refractivity contribution in [2.75, 3.05) is 5.73 Å². The first-order valence-corrected chi connectivity index (χ1v) is 12.2. The molecule has 5 heteroatoms. The summed E-state index contributed by atoms with van der Waals surface area (Å²) >= 11 is 0. The summed E-state index contributed by atoms with van der Waals surface area (Å²) < 4.78 is 0. The molecule has 0 atom stereocenters. The number of nitrogens with zero attached hydrogens (tertiary/aromatic N) is 1. The number of carboxylic acid groups (broad SMARTS) is 1. The van der Waals surface area contributed by atoms with Gasteiger partial charge in [0.25, 0.3) is 0 Å². The van der Waals surface area contributed by atoms with Crippen LogP contribution in [0.15, 0.2) is 12.1 Å². The highest BCUT2D eigenvalue weighted by molar-refractivity contribution is 5.67. The Bertz CT molecular complexity index is 975. The van der Waals surface area contributed by atoms with E-state index < -0.39 is 5.97 Å². The Morgan fingerprint density at radius 1 is 0.909 bits per heavy atom. The molecule has 0 radical (unpaired) electrons. The lowest BCUT2D eigenvalue weighted by molar-refractivity contribution is -0.136. The van der Waals surface area contributed by atoms with Crippen LogP contribution in [0.5, 0.6) is 5.75 Å². The van der Waals surface area contributed by atoms with E-state index in [1.807, 2.05) is 12.1 Å². The maximum Gasteiger partial charge on any atom is 0.303 e. The number of aryl methyl sites for hydroxylation is 3. The molecule has 0 saturated carbocycles. The summed E-state index contributed by atoms with van der Waals surface area (Å²) in [7, 11) is 0. The highest BCUT2D eigenvalue weighted by atomic mass is 16.4. The molecule has 0 aliphatic heterocycles. The predicted molar refractivity (Wildman–Crippen MR) is 134 cm³/mol. The second-order valence-electron chi connectivity index (χ2n) is 11.5. The second-order valence-corrected chi connectivity index (χ2v) is 11.5. The monoisotopic (exact) mass is 452 g/mol. The van der Waals surface area contributed by atoms with Gasteiger partial charge >= 0.3 is 5.97 Å². The van der Waals surface area contributed by atoms with E-state index in [1.54, 1.807) is 0 Å². The Labute approximate surface area is 198 Å². The molecule has 2 aromatic rings. The number of anilines is 1. The molecule has 5 nitrogen and oxygen atoms in total. The number of nitrogen functional groups attached to an aromatic ring is 1. The number of carbonyl (C=O) groups is 1. The molecule has 0 spiro atoms. The zero-order chi connectivity index (χ0) is 24.6. The number of pyridine rings is 1. The average molecular weight is 453 g/mol. The van der Waals surface area contributed by atoms with Crippen LogP contribution in [0.1, 0.15) is 100 Å². The van der Waals surface area contributed by atoms with E-state index in [-0.39, 0.29) is 17.3 Å². The Hall–Kier alpha value is -2.56. The van der Waals surface area contributed by atoms with Gasteiger partial charge in [0, 0.05) is 23.5 Å². The van der Waals surface area contributed by atoms with Crippen LogP contribution in [0.2, 0.25) is 0 Å². The quantitative estimate of drug-likeness (QED) is 0.559. The van der Waals surface area contributed by atoms with Crippen molar-refractivity contribution in [3.05, 3.63) is 51.3 Å². The number of benzene rings is 1. The van der Waals surface area contributed by atoms with Gasteiger partial charge in [0.15, 0.2) is 0 Å². The van der Waals surface area contributed by atoms with Gasteiger partial charge in [-0.25, -0.2) is 0 Å². The lowest BCUT2D eigenvalue weighted by Gasteiger charge is -2.28. The Kier molecular flexibility index (Phi) is 7.11.